The molecule has 0 amide bonds. The van der Waals surface area contributed by atoms with E-state index < -0.39 is 0 Å². The zero-order chi connectivity index (χ0) is 9.10. The second-order valence-electron chi connectivity index (χ2n) is 6.04. The van der Waals surface area contributed by atoms with Gasteiger partial charge in [-0.2, -0.15) is 0 Å². The standard InChI is InChI=1S/C12H20O/c1-2-11-4-9-3-10(5-11)7-12(13,6-9)8-11/h9-10,13H,2-8H2,1H3/t9-,10-,11?,12?/m1/s1. The van der Waals surface area contributed by atoms with Crippen LogP contribution in [0.5, 0.6) is 0 Å². The molecule has 1 nitrogen and oxygen atoms in total. The molecule has 4 saturated carbocycles. The molecule has 0 aromatic carbocycles. The smallest absolute Gasteiger partial charge is 0.0658 e. The molecule has 4 bridgehead atoms. The zero-order valence-electron chi connectivity index (χ0n) is 8.55. The monoisotopic (exact) mass is 180 g/mol. The van der Waals surface area contributed by atoms with Crippen molar-refractivity contribution in [1.82, 2.24) is 0 Å². The molecular weight excluding hydrogens is 160 g/mol. The molecule has 0 saturated heterocycles. The highest BCUT2D eigenvalue weighted by Crippen LogP contribution is 2.62. The van der Waals surface area contributed by atoms with Gasteiger partial charge in [-0.05, 0) is 55.8 Å². The van der Waals surface area contributed by atoms with Gasteiger partial charge in [0.2, 0.25) is 0 Å². The van der Waals surface area contributed by atoms with Crippen LogP contribution >= 0.6 is 0 Å². The highest BCUT2D eigenvalue weighted by atomic mass is 16.3. The average Bonchev–Trinajstić information content (AvgIpc) is 1.99. The third kappa shape index (κ3) is 1.09. The predicted molar refractivity (Wildman–Crippen MR) is 52.4 cm³/mol. The minimum Gasteiger partial charge on any atom is -0.390 e. The molecule has 1 heteroatoms. The average molecular weight is 180 g/mol. The van der Waals surface area contributed by atoms with E-state index in [0.717, 1.165) is 31.1 Å². The Bertz CT molecular complexity index is 219. The topological polar surface area (TPSA) is 20.2 Å². The van der Waals surface area contributed by atoms with Gasteiger partial charge in [0.25, 0.3) is 0 Å². The van der Waals surface area contributed by atoms with Crippen molar-refractivity contribution in [3.05, 3.63) is 0 Å². The van der Waals surface area contributed by atoms with E-state index in [1.54, 1.807) is 0 Å². The summed E-state index contributed by atoms with van der Waals surface area (Å²) in [5.41, 5.74) is 0.318. The lowest BCUT2D eigenvalue weighted by molar-refractivity contribution is -0.164. The van der Waals surface area contributed by atoms with Crippen molar-refractivity contribution >= 4 is 0 Å². The van der Waals surface area contributed by atoms with E-state index in [0.29, 0.717) is 5.41 Å². The van der Waals surface area contributed by atoms with Gasteiger partial charge in [-0.15, -0.1) is 0 Å². The fourth-order valence-corrected chi connectivity index (χ4v) is 4.82. The van der Waals surface area contributed by atoms with Gasteiger partial charge < -0.3 is 5.11 Å². The Balaban J connectivity index is 1.95. The number of hydrogen-bond acceptors (Lipinski definition) is 1. The van der Waals surface area contributed by atoms with Gasteiger partial charge in [0, 0.05) is 0 Å². The summed E-state index contributed by atoms with van der Waals surface area (Å²) < 4.78 is 0. The van der Waals surface area contributed by atoms with E-state index in [9.17, 15) is 5.11 Å². The van der Waals surface area contributed by atoms with Crippen LogP contribution in [-0.2, 0) is 0 Å². The molecule has 4 fully saturated rings. The second-order valence-corrected chi connectivity index (χ2v) is 6.04. The van der Waals surface area contributed by atoms with Gasteiger partial charge in [0.1, 0.15) is 0 Å². The van der Waals surface area contributed by atoms with Crippen molar-refractivity contribution in [2.24, 2.45) is 17.3 Å². The summed E-state index contributed by atoms with van der Waals surface area (Å²) in [4.78, 5) is 0. The van der Waals surface area contributed by atoms with E-state index in [1.165, 1.54) is 25.7 Å². The number of rotatable bonds is 1. The zero-order valence-corrected chi connectivity index (χ0v) is 8.55. The lowest BCUT2D eigenvalue weighted by Gasteiger charge is -2.60. The van der Waals surface area contributed by atoms with Crippen molar-refractivity contribution in [2.75, 3.05) is 0 Å². The maximum absolute atomic E-state index is 10.4. The SMILES string of the molecule is CCC12C[C@H]3C[C@@H](CC(O)(C3)C1)C2. The molecule has 1 N–H and O–H groups in total. The molecule has 0 unspecified atom stereocenters. The Kier molecular flexibility index (Phi) is 1.47. The molecule has 0 heterocycles. The summed E-state index contributed by atoms with van der Waals surface area (Å²) in [7, 11) is 0. The molecule has 4 aliphatic rings. The van der Waals surface area contributed by atoms with Crippen molar-refractivity contribution in [2.45, 2.75) is 57.5 Å². The first kappa shape index (κ1) is 8.28. The summed E-state index contributed by atoms with van der Waals surface area (Å²) in [6.07, 6.45) is 8.90. The first-order valence-electron chi connectivity index (χ1n) is 5.86. The molecule has 13 heavy (non-hydrogen) atoms. The normalized spacial score (nSPS) is 58.6. The van der Waals surface area contributed by atoms with E-state index in [4.69, 9.17) is 0 Å². The minimum absolute atomic E-state index is 0.236. The minimum atomic E-state index is -0.236. The van der Waals surface area contributed by atoms with E-state index in [1.807, 2.05) is 0 Å². The molecule has 4 aliphatic carbocycles. The quantitative estimate of drug-likeness (QED) is 0.658. The Morgan fingerprint density at radius 3 is 2.23 bits per heavy atom. The van der Waals surface area contributed by atoms with Crippen molar-refractivity contribution < 1.29 is 5.11 Å². The highest BCUT2D eigenvalue weighted by Gasteiger charge is 2.56. The van der Waals surface area contributed by atoms with Crippen LogP contribution < -0.4 is 0 Å². The molecule has 2 atom stereocenters. The van der Waals surface area contributed by atoms with Gasteiger partial charge in [-0.3, -0.25) is 0 Å². The van der Waals surface area contributed by atoms with Gasteiger partial charge in [0.15, 0.2) is 0 Å². The first-order valence-corrected chi connectivity index (χ1v) is 5.86. The number of aliphatic hydroxyl groups is 1. The van der Waals surface area contributed by atoms with E-state index in [2.05, 4.69) is 6.92 Å². The molecule has 0 spiro atoms. The van der Waals surface area contributed by atoms with Gasteiger partial charge in [-0.25, -0.2) is 0 Å². The van der Waals surface area contributed by atoms with Crippen LogP contribution in [0.2, 0.25) is 0 Å². The third-order valence-corrected chi connectivity index (χ3v) is 4.90. The fraction of sp³-hybridized carbons (Fsp3) is 1.00. The molecule has 74 valence electrons. The Hall–Kier alpha value is -0.0400. The first-order chi connectivity index (χ1) is 6.13. The Morgan fingerprint density at radius 1 is 1.15 bits per heavy atom. The summed E-state index contributed by atoms with van der Waals surface area (Å²) in [5, 5.41) is 10.4. The van der Waals surface area contributed by atoms with Gasteiger partial charge in [-0.1, -0.05) is 13.3 Å². The molecule has 0 radical (unpaired) electrons. The highest BCUT2D eigenvalue weighted by molar-refractivity contribution is 5.07. The summed E-state index contributed by atoms with van der Waals surface area (Å²) in [6.45, 7) is 2.32. The lowest BCUT2D eigenvalue weighted by atomic mass is 9.47. The van der Waals surface area contributed by atoms with Crippen molar-refractivity contribution in [3.63, 3.8) is 0 Å². The molecule has 0 aliphatic heterocycles. The molecule has 0 aromatic heterocycles. The molecular formula is C12H20O. The van der Waals surface area contributed by atoms with E-state index >= 15 is 0 Å². The van der Waals surface area contributed by atoms with Crippen LogP contribution in [0.3, 0.4) is 0 Å². The largest absolute Gasteiger partial charge is 0.390 e. The van der Waals surface area contributed by atoms with Crippen molar-refractivity contribution in [3.8, 4) is 0 Å². The van der Waals surface area contributed by atoms with E-state index in [-0.39, 0.29) is 5.60 Å². The third-order valence-electron chi connectivity index (χ3n) is 4.90. The van der Waals surface area contributed by atoms with Gasteiger partial charge in [0.05, 0.1) is 5.60 Å². The van der Waals surface area contributed by atoms with Crippen LogP contribution in [0.4, 0.5) is 0 Å². The molecule has 0 aromatic rings. The van der Waals surface area contributed by atoms with Crippen molar-refractivity contribution in [1.29, 1.82) is 0 Å². The van der Waals surface area contributed by atoms with Crippen LogP contribution in [0, 0.1) is 17.3 Å². The number of hydrogen-bond donors (Lipinski definition) is 1. The summed E-state index contributed by atoms with van der Waals surface area (Å²) >= 11 is 0. The fourth-order valence-electron chi connectivity index (χ4n) is 4.82. The second kappa shape index (κ2) is 2.31. The lowest BCUT2D eigenvalue weighted by Crippen LogP contribution is -2.55. The van der Waals surface area contributed by atoms with Crippen LogP contribution in [-0.4, -0.2) is 10.7 Å². The Morgan fingerprint density at radius 2 is 1.77 bits per heavy atom. The summed E-state index contributed by atoms with van der Waals surface area (Å²) in [5.74, 6) is 1.73. The van der Waals surface area contributed by atoms with Crippen LogP contribution in [0.25, 0.3) is 0 Å². The van der Waals surface area contributed by atoms with Crippen LogP contribution in [0.1, 0.15) is 51.9 Å². The van der Waals surface area contributed by atoms with Crippen LogP contribution in [0.15, 0.2) is 0 Å². The predicted octanol–water partition coefficient (Wildman–Crippen LogP) is 2.73. The van der Waals surface area contributed by atoms with Gasteiger partial charge >= 0.3 is 0 Å². The summed E-state index contributed by atoms with van der Waals surface area (Å²) in [6, 6.07) is 0. The Labute approximate surface area is 80.5 Å². The maximum atomic E-state index is 10.4. The maximum Gasteiger partial charge on any atom is 0.0658 e. The molecule has 4 rings (SSSR count).